The van der Waals surface area contributed by atoms with Gasteiger partial charge >= 0.3 is 6.03 Å². The maximum Gasteiger partial charge on any atom is 0.322 e. The number of likely N-dealkylation sites (N-methyl/N-ethyl adjacent to an activating group) is 1. The lowest BCUT2D eigenvalue weighted by atomic mass is 10.1. The maximum absolute atomic E-state index is 12.6. The Bertz CT molecular complexity index is 753. The summed E-state index contributed by atoms with van der Waals surface area (Å²) in [6, 6.07) is 8.75. The van der Waals surface area contributed by atoms with Crippen LogP contribution in [-0.4, -0.2) is 57.9 Å². The average molecular weight is 342 g/mol. The number of hydrogen-bond donors (Lipinski definition) is 2. The molecule has 132 valence electrons. The molecule has 2 aromatic rings. The van der Waals surface area contributed by atoms with Gasteiger partial charge in [0, 0.05) is 24.0 Å². The van der Waals surface area contributed by atoms with E-state index in [2.05, 4.69) is 15.3 Å². The molecule has 1 saturated heterocycles. The fourth-order valence-corrected chi connectivity index (χ4v) is 2.93. The number of carbonyl (C=O) groups is 1. The minimum Gasteiger partial charge on any atom is -0.388 e. The van der Waals surface area contributed by atoms with Gasteiger partial charge < -0.3 is 20.1 Å². The number of aromatic nitrogens is 2. The number of anilines is 1. The molecule has 0 spiro atoms. The molecule has 1 aromatic carbocycles. The van der Waals surface area contributed by atoms with E-state index in [0.29, 0.717) is 24.7 Å². The first-order chi connectivity index (χ1) is 12.1. The first-order valence-corrected chi connectivity index (χ1v) is 8.32. The SMILES string of the molecule is CCN(C(=O)Nc1cccc(-c2ccnc(C)n2)c1)[C@@H]1COC[C@H]1O. The summed E-state index contributed by atoms with van der Waals surface area (Å²) >= 11 is 0. The zero-order valence-corrected chi connectivity index (χ0v) is 14.3. The Hall–Kier alpha value is -2.51. The molecule has 2 N–H and O–H groups in total. The van der Waals surface area contributed by atoms with Crippen LogP contribution >= 0.6 is 0 Å². The molecule has 0 unspecified atom stereocenters. The van der Waals surface area contributed by atoms with Crippen LogP contribution in [-0.2, 0) is 4.74 Å². The number of rotatable bonds is 4. The summed E-state index contributed by atoms with van der Waals surface area (Å²) in [5.41, 5.74) is 2.37. The highest BCUT2D eigenvalue weighted by Gasteiger charge is 2.33. The summed E-state index contributed by atoms with van der Waals surface area (Å²) < 4.78 is 5.25. The fourth-order valence-electron chi connectivity index (χ4n) is 2.93. The lowest BCUT2D eigenvalue weighted by molar-refractivity contribution is 0.1000. The molecule has 2 atom stereocenters. The van der Waals surface area contributed by atoms with Crippen molar-refractivity contribution in [1.29, 1.82) is 0 Å². The van der Waals surface area contributed by atoms with Gasteiger partial charge in [0.2, 0.25) is 0 Å². The van der Waals surface area contributed by atoms with Gasteiger partial charge in [-0.2, -0.15) is 0 Å². The smallest absolute Gasteiger partial charge is 0.322 e. The number of nitrogens with one attached hydrogen (secondary N) is 1. The fraction of sp³-hybridized carbons (Fsp3) is 0.389. The third-order valence-corrected chi connectivity index (χ3v) is 4.21. The maximum atomic E-state index is 12.6. The minimum atomic E-state index is -0.652. The summed E-state index contributed by atoms with van der Waals surface area (Å²) in [5, 5.41) is 12.9. The van der Waals surface area contributed by atoms with Gasteiger partial charge in [0.05, 0.1) is 31.1 Å². The number of urea groups is 1. The third kappa shape index (κ3) is 3.94. The molecule has 7 nitrogen and oxygen atoms in total. The molecule has 1 aliphatic heterocycles. The van der Waals surface area contributed by atoms with Crippen molar-refractivity contribution < 1.29 is 14.6 Å². The Morgan fingerprint density at radius 2 is 2.24 bits per heavy atom. The molecule has 2 heterocycles. The topological polar surface area (TPSA) is 87.6 Å². The molecule has 2 amide bonds. The highest BCUT2D eigenvalue weighted by Crippen LogP contribution is 2.22. The minimum absolute atomic E-state index is 0.256. The van der Waals surface area contributed by atoms with Crippen LogP contribution in [0.4, 0.5) is 10.5 Å². The highest BCUT2D eigenvalue weighted by atomic mass is 16.5. The van der Waals surface area contributed by atoms with Crippen LogP contribution in [0.1, 0.15) is 12.7 Å². The van der Waals surface area contributed by atoms with Crippen molar-refractivity contribution >= 4 is 11.7 Å². The van der Waals surface area contributed by atoms with E-state index in [1.165, 1.54) is 0 Å². The number of aliphatic hydroxyl groups is 1. The van der Waals surface area contributed by atoms with E-state index in [0.717, 1.165) is 11.3 Å². The predicted molar refractivity (Wildman–Crippen MR) is 94.2 cm³/mol. The molecule has 0 aliphatic carbocycles. The third-order valence-electron chi connectivity index (χ3n) is 4.21. The number of benzene rings is 1. The van der Waals surface area contributed by atoms with Crippen molar-refractivity contribution in [1.82, 2.24) is 14.9 Å². The van der Waals surface area contributed by atoms with Crippen LogP contribution < -0.4 is 5.32 Å². The van der Waals surface area contributed by atoms with Crippen LogP contribution in [0, 0.1) is 6.92 Å². The van der Waals surface area contributed by atoms with E-state index in [4.69, 9.17) is 4.74 Å². The number of aryl methyl sites for hydroxylation is 1. The highest BCUT2D eigenvalue weighted by molar-refractivity contribution is 5.90. The molecule has 0 saturated carbocycles. The zero-order valence-electron chi connectivity index (χ0n) is 14.3. The Labute approximate surface area is 146 Å². The van der Waals surface area contributed by atoms with E-state index >= 15 is 0 Å². The lowest BCUT2D eigenvalue weighted by Gasteiger charge is -2.28. The monoisotopic (exact) mass is 342 g/mol. The predicted octanol–water partition coefficient (Wildman–Crippen LogP) is 2.07. The molecule has 3 rings (SSSR count). The molecule has 0 bridgehead atoms. The normalized spacial score (nSPS) is 19.6. The van der Waals surface area contributed by atoms with E-state index in [1.54, 1.807) is 11.1 Å². The van der Waals surface area contributed by atoms with Gasteiger partial charge in [-0.1, -0.05) is 12.1 Å². The van der Waals surface area contributed by atoms with Crippen molar-refractivity contribution in [3.05, 3.63) is 42.4 Å². The second-order valence-electron chi connectivity index (χ2n) is 5.96. The Kier molecular flexibility index (Phi) is 5.25. The second-order valence-corrected chi connectivity index (χ2v) is 5.96. The van der Waals surface area contributed by atoms with Crippen molar-refractivity contribution in [3.8, 4) is 11.3 Å². The Morgan fingerprint density at radius 3 is 2.92 bits per heavy atom. The number of nitrogens with zero attached hydrogens (tertiary/aromatic N) is 3. The molecule has 1 fully saturated rings. The summed E-state index contributed by atoms with van der Waals surface area (Å²) in [7, 11) is 0. The van der Waals surface area contributed by atoms with Gasteiger partial charge in [-0.3, -0.25) is 0 Å². The van der Waals surface area contributed by atoms with Gasteiger partial charge in [-0.15, -0.1) is 0 Å². The Balaban J connectivity index is 1.76. The number of aliphatic hydroxyl groups excluding tert-OH is 1. The largest absolute Gasteiger partial charge is 0.388 e. The second kappa shape index (κ2) is 7.58. The standard InChI is InChI=1S/C18H22N4O3/c1-3-22(16-10-25-11-17(16)23)18(24)21-14-6-4-5-13(9-14)15-7-8-19-12(2)20-15/h4-9,16-17,23H,3,10-11H2,1-2H3,(H,21,24)/t16-,17-/m1/s1. The van der Waals surface area contributed by atoms with E-state index in [9.17, 15) is 9.90 Å². The van der Waals surface area contributed by atoms with Crippen LogP contribution in [0.15, 0.2) is 36.5 Å². The van der Waals surface area contributed by atoms with E-state index in [1.807, 2.05) is 44.2 Å². The molecule has 1 aliphatic rings. The van der Waals surface area contributed by atoms with Crippen LogP contribution in [0.2, 0.25) is 0 Å². The van der Waals surface area contributed by atoms with Crippen LogP contribution in [0.25, 0.3) is 11.3 Å². The molecule has 1 aromatic heterocycles. The first-order valence-electron chi connectivity index (χ1n) is 8.32. The van der Waals surface area contributed by atoms with Crippen molar-refractivity contribution in [2.45, 2.75) is 26.0 Å². The number of hydrogen-bond acceptors (Lipinski definition) is 5. The van der Waals surface area contributed by atoms with E-state index in [-0.39, 0.29) is 18.7 Å². The number of amides is 2. The molecular weight excluding hydrogens is 320 g/mol. The quantitative estimate of drug-likeness (QED) is 0.888. The molecule has 25 heavy (non-hydrogen) atoms. The molecular formula is C18H22N4O3. The summed E-state index contributed by atoms with van der Waals surface area (Å²) in [6.45, 7) is 4.81. The van der Waals surface area contributed by atoms with Gasteiger partial charge in [0.25, 0.3) is 0 Å². The summed E-state index contributed by atoms with van der Waals surface area (Å²) in [4.78, 5) is 22.7. The zero-order chi connectivity index (χ0) is 17.8. The van der Waals surface area contributed by atoms with Gasteiger partial charge in [0.1, 0.15) is 5.82 Å². The Morgan fingerprint density at radius 1 is 1.40 bits per heavy atom. The molecule has 0 radical (unpaired) electrons. The lowest BCUT2D eigenvalue weighted by Crippen LogP contribution is -2.48. The summed E-state index contributed by atoms with van der Waals surface area (Å²) in [6.07, 6.45) is 1.06. The number of ether oxygens (including phenoxy) is 1. The summed E-state index contributed by atoms with van der Waals surface area (Å²) in [5.74, 6) is 0.694. The first kappa shape index (κ1) is 17.3. The van der Waals surface area contributed by atoms with Gasteiger partial charge in [0.15, 0.2) is 0 Å². The average Bonchev–Trinajstić information content (AvgIpc) is 3.02. The van der Waals surface area contributed by atoms with E-state index < -0.39 is 6.10 Å². The van der Waals surface area contributed by atoms with Gasteiger partial charge in [-0.25, -0.2) is 14.8 Å². The van der Waals surface area contributed by atoms with Crippen LogP contribution in [0.5, 0.6) is 0 Å². The van der Waals surface area contributed by atoms with Crippen molar-refractivity contribution in [2.24, 2.45) is 0 Å². The van der Waals surface area contributed by atoms with Crippen molar-refractivity contribution in [3.63, 3.8) is 0 Å². The number of carbonyl (C=O) groups excluding carboxylic acids is 1. The van der Waals surface area contributed by atoms with Crippen molar-refractivity contribution in [2.75, 3.05) is 25.1 Å². The molecule has 7 heteroatoms. The van der Waals surface area contributed by atoms with Gasteiger partial charge in [-0.05, 0) is 32.0 Å². The van der Waals surface area contributed by atoms with Crippen LogP contribution in [0.3, 0.4) is 0 Å².